The van der Waals surface area contributed by atoms with E-state index < -0.39 is 22.6 Å². The monoisotopic (exact) mass is 367 g/mol. The number of nitrogens with one attached hydrogen (secondary N) is 2. The maximum atomic E-state index is 12.5. The molecule has 0 bridgehead atoms. The molecular formula is C17H16F3N3O3. The van der Waals surface area contributed by atoms with Crippen molar-refractivity contribution in [2.75, 3.05) is 18.9 Å². The number of benzene rings is 2. The number of hydrogen-bond donors (Lipinski definition) is 2. The number of nitro groups is 1. The number of non-ortho nitro benzene ring substituents is 1. The Labute approximate surface area is 147 Å². The predicted molar refractivity (Wildman–Crippen MR) is 90.1 cm³/mol. The number of rotatable bonds is 6. The minimum Gasteiger partial charge on any atom is -0.384 e. The van der Waals surface area contributed by atoms with Crippen molar-refractivity contribution in [1.82, 2.24) is 5.32 Å². The van der Waals surface area contributed by atoms with Crippen LogP contribution in [0.5, 0.6) is 0 Å². The predicted octanol–water partition coefficient (Wildman–Crippen LogP) is 3.63. The second-order valence-corrected chi connectivity index (χ2v) is 5.44. The lowest BCUT2D eigenvalue weighted by Crippen LogP contribution is -2.20. The molecule has 0 saturated heterocycles. The molecule has 9 heteroatoms. The zero-order valence-corrected chi connectivity index (χ0v) is 13.8. The normalized spacial score (nSPS) is 11.1. The zero-order valence-electron chi connectivity index (χ0n) is 13.8. The zero-order chi connectivity index (χ0) is 19.3. The maximum Gasteiger partial charge on any atom is 0.416 e. The van der Waals surface area contributed by atoms with Gasteiger partial charge in [-0.3, -0.25) is 14.9 Å². The molecule has 0 atom stereocenters. The molecule has 0 spiro atoms. The Balaban J connectivity index is 2.07. The molecule has 0 aliphatic rings. The van der Waals surface area contributed by atoms with E-state index in [1.165, 1.54) is 37.4 Å². The molecule has 2 aromatic carbocycles. The number of halogens is 3. The van der Waals surface area contributed by atoms with Gasteiger partial charge in [0.05, 0.1) is 16.1 Å². The van der Waals surface area contributed by atoms with Crippen molar-refractivity contribution in [3.8, 4) is 0 Å². The van der Waals surface area contributed by atoms with E-state index in [1.54, 1.807) is 0 Å². The summed E-state index contributed by atoms with van der Waals surface area (Å²) in [4.78, 5) is 22.1. The van der Waals surface area contributed by atoms with Gasteiger partial charge in [-0.05, 0) is 30.2 Å². The lowest BCUT2D eigenvalue weighted by Gasteiger charge is -2.12. The molecule has 2 N–H and O–H groups in total. The van der Waals surface area contributed by atoms with Crippen LogP contribution < -0.4 is 10.6 Å². The number of nitrogens with zero attached hydrogens (tertiary/aromatic N) is 1. The van der Waals surface area contributed by atoms with Gasteiger partial charge in [-0.2, -0.15) is 13.2 Å². The highest BCUT2D eigenvalue weighted by atomic mass is 19.4. The fourth-order valence-corrected chi connectivity index (χ4v) is 2.32. The highest BCUT2D eigenvalue weighted by Gasteiger charge is 2.29. The molecule has 138 valence electrons. The summed E-state index contributed by atoms with van der Waals surface area (Å²) in [5.41, 5.74) is 0.285. The number of nitro benzene ring substituents is 1. The second kappa shape index (κ2) is 7.85. The summed E-state index contributed by atoms with van der Waals surface area (Å²) in [6.07, 6.45) is -3.96. The number of carbonyl (C=O) groups excluding carboxylic acids is 1. The van der Waals surface area contributed by atoms with E-state index in [9.17, 15) is 28.1 Å². The van der Waals surface area contributed by atoms with Crippen LogP contribution in [0.1, 0.15) is 21.5 Å². The molecule has 0 heterocycles. The molecule has 2 aromatic rings. The molecule has 0 fully saturated rings. The van der Waals surface area contributed by atoms with Gasteiger partial charge in [-0.1, -0.05) is 12.1 Å². The van der Waals surface area contributed by atoms with Gasteiger partial charge in [0.2, 0.25) is 0 Å². The number of amides is 1. The van der Waals surface area contributed by atoms with Crippen LogP contribution in [0.4, 0.5) is 24.5 Å². The molecule has 0 saturated carbocycles. The molecule has 6 nitrogen and oxygen atoms in total. The smallest absolute Gasteiger partial charge is 0.384 e. The van der Waals surface area contributed by atoms with Crippen molar-refractivity contribution in [3.63, 3.8) is 0 Å². The summed E-state index contributed by atoms with van der Waals surface area (Å²) in [5, 5.41) is 16.2. The number of hydrogen-bond acceptors (Lipinski definition) is 4. The van der Waals surface area contributed by atoms with Crippen LogP contribution in [0.25, 0.3) is 0 Å². The van der Waals surface area contributed by atoms with E-state index in [0.29, 0.717) is 24.2 Å². The standard InChI is InChI=1S/C17H16F3N3O3/c1-21-16(24)14-10-13(23(25)26)6-7-15(14)22-9-8-11-2-4-12(5-3-11)17(18,19)20/h2-7,10,22H,8-9H2,1H3,(H,21,24). The van der Waals surface area contributed by atoms with E-state index in [-0.39, 0.29) is 11.3 Å². The van der Waals surface area contributed by atoms with E-state index >= 15 is 0 Å². The molecule has 0 unspecified atom stereocenters. The summed E-state index contributed by atoms with van der Waals surface area (Å²) < 4.78 is 37.6. The van der Waals surface area contributed by atoms with Gasteiger partial charge in [0, 0.05) is 31.4 Å². The van der Waals surface area contributed by atoms with Crippen LogP contribution in [-0.4, -0.2) is 24.4 Å². The maximum absolute atomic E-state index is 12.5. The molecule has 1 amide bonds. The number of alkyl halides is 3. The topological polar surface area (TPSA) is 84.3 Å². The Morgan fingerprint density at radius 1 is 1.15 bits per heavy atom. The summed E-state index contributed by atoms with van der Waals surface area (Å²) >= 11 is 0. The molecule has 0 aliphatic carbocycles. The van der Waals surface area contributed by atoms with Crippen molar-refractivity contribution >= 4 is 17.3 Å². The summed E-state index contributed by atoms with van der Waals surface area (Å²) in [6, 6.07) is 8.66. The second-order valence-electron chi connectivity index (χ2n) is 5.44. The van der Waals surface area contributed by atoms with Crippen LogP contribution in [0, 0.1) is 10.1 Å². The fourth-order valence-electron chi connectivity index (χ4n) is 2.32. The lowest BCUT2D eigenvalue weighted by molar-refractivity contribution is -0.384. The first-order chi connectivity index (χ1) is 12.2. The third-order valence-electron chi connectivity index (χ3n) is 3.70. The Morgan fingerprint density at radius 2 is 1.81 bits per heavy atom. The molecule has 0 aromatic heterocycles. The summed E-state index contributed by atoms with van der Waals surface area (Å²) in [7, 11) is 1.41. The van der Waals surface area contributed by atoms with Gasteiger partial charge in [-0.25, -0.2) is 0 Å². The van der Waals surface area contributed by atoms with Crippen LogP contribution >= 0.6 is 0 Å². The first-order valence-corrected chi connectivity index (χ1v) is 7.63. The van der Waals surface area contributed by atoms with Gasteiger partial charge in [0.15, 0.2) is 0 Å². The van der Waals surface area contributed by atoms with Crippen molar-refractivity contribution in [2.24, 2.45) is 0 Å². The van der Waals surface area contributed by atoms with Gasteiger partial charge in [0.1, 0.15) is 0 Å². The lowest BCUT2D eigenvalue weighted by atomic mass is 10.1. The van der Waals surface area contributed by atoms with Crippen LogP contribution in [0.15, 0.2) is 42.5 Å². The Hall–Kier alpha value is -3.10. The van der Waals surface area contributed by atoms with E-state index in [0.717, 1.165) is 12.1 Å². The van der Waals surface area contributed by atoms with E-state index in [2.05, 4.69) is 10.6 Å². The number of anilines is 1. The third-order valence-corrected chi connectivity index (χ3v) is 3.70. The summed E-state index contributed by atoms with van der Waals surface area (Å²) in [5.74, 6) is -0.481. The van der Waals surface area contributed by atoms with Crippen molar-refractivity contribution < 1.29 is 22.9 Å². The van der Waals surface area contributed by atoms with E-state index in [1.807, 2.05) is 0 Å². The fraction of sp³-hybridized carbons (Fsp3) is 0.235. The highest BCUT2D eigenvalue weighted by Crippen LogP contribution is 2.29. The quantitative estimate of drug-likeness (QED) is 0.603. The average molecular weight is 367 g/mol. The van der Waals surface area contributed by atoms with Gasteiger partial charge in [0.25, 0.3) is 11.6 Å². The molecular weight excluding hydrogens is 351 g/mol. The minimum atomic E-state index is -4.38. The Kier molecular flexibility index (Phi) is 5.81. The molecule has 0 aliphatic heterocycles. The minimum absolute atomic E-state index is 0.120. The Morgan fingerprint density at radius 3 is 2.35 bits per heavy atom. The van der Waals surface area contributed by atoms with Gasteiger partial charge >= 0.3 is 6.18 Å². The van der Waals surface area contributed by atoms with Crippen molar-refractivity contribution in [2.45, 2.75) is 12.6 Å². The third kappa shape index (κ3) is 4.71. The van der Waals surface area contributed by atoms with Gasteiger partial charge < -0.3 is 10.6 Å². The highest BCUT2D eigenvalue weighted by molar-refractivity contribution is 6.00. The van der Waals surface area contributed by atoms with Crippen LogP contribution in [-0.2, 0) is 12.6 Å². The Bertz CT molecular complexity index is 805. The first-order valence-electron chi connectivity index (χ1n) is 7.63. The largest absolute Gasteiger partial charge is 0.416 e. The van der Waals surface area contributed by atoms with Crippen molar-refractivity contribution in [1.29, 1.82) is 0 Å². The molecule has 26 heavy (non-hydrogen) atoms. The van der Waals surface area contributed by atoms with E-state index in [4.69, 9.17) is 0 Å². The summed E-state index contributed by atoms with van der Waals surface area (Å²) in [6.45, 7) is 0.340. The van der Waals surface area contributed by atoms with Gasteiger partial charge in [-0.15, -0.1) is 0 Å². The molecule has 2 rings (SSSR count). The van der Waals surface area contributed by atoms with Crippen LogP contribution in [0.2, 0.25) is 0 Å². The van der Waals surface area contributed by atoms with Crippen LogP contribution in [0.3, 0.4) is 0 Å². The first kappa shape index (κ1) is 19.2. The van der Waals surface area contributed by atoms with Crippen molar-refractivity contribution in [3.05, 3.63) is 69.3 Å². The average Bonchev–Trinajstić information content (AvgIpc) is 2.60. The number of carbonyl (C=O) groups is 1. The SMILES string of the molecule is CNC(=O)c1cc([N+](=O)[O-])ccc1NCCc1ccc(C(F)(F)F)cc1. The molecule has 0 radical (unpaired) electrons.